The Bertz CT molecular complexity index is 597. The van der Waals surface area contributed by atoms with E-state index in [9.17, 15) is 0 Å². The molecule has 2 aliphatic heterocycles. The van der Waals surface area contributed by atoms with Gasteiger partial charge in [0.15, 0.2) is 5.79 Å². The molecule has 3 heteroatoms. The maximum Gasteiger partial charge on any atom is 0.163 e. The summed E-state index contributed by atoms with van der Waals surface area (Å²) in [6.45, 7) is 12.6. The van der Waals surface area contributed by atoms with Crippen molar-refractivity contribution >= 4 is 0 Å². The summed E-state index contributed by atoms with van der Waals surface area (Å²) in [6, 6.07) is 11.2. The van der Waals surface area contributed by atoms with Crippen molar-refractivity contribution in [2.45, 2.75) is 57.8 Å². The molecule has 5 atom stereocenters. The third-order valence-electron chi connectivity index (χ3n) is 5.73. The van der Waals surface area contributed by atoms with E-state index in [0.717, 1.165) is 19.5 Å². The van der Waals surface area contributed by atoms with E-state index >= 15 is 0 Å². The zero-order valence-corrected chi connectivity index (χ0v) is 14.4. The Morgan fingerprint density at radius 3 is 2.70 bits per heavy atom. The topological polar surface area (TPSA) is 21.7 Å². The van der Waals surface area contributed by atoms with Crippen LogP contribution in [0.25, 0.3) is 0 Å². The molecule has 0 bridgehead atoms. The SMILES string of the molecule is C=C(C)[C@@H]1CN(Cc2ccccc2)[C@@H]2[C@H]1C[C@H]1OC(C)(C)O[C@@H]21. The number of likely N-dealkylation sites (tertiary alicyclic amines) is 1. The van der Waals surface area contributed by atoms with E-state index in [4.69, 9.17) is 9.47 Å². The molecule has 0 radical (unpaired) electrons. The molecule has 124 valence electrons. The Hall–Kier alpha value is -1.16. The summed E-state index contributed by atoms with van der Waals surface area (Å²) < 4.78 is 12.4. The van der Waals surface area contributed by atoms with Crippen LogP contribution in [0, 0.1) is 11.8 Å². The first-order valence-corrected chi connectivity index (χ1v) is 8.73. The summed E-state index contributed by atoms with van der Waals surface area (Å²) in [7, 11) is 0. The summed E-state index contributed by atoms with van der Waals surface area (Å²) in [5.74, 6) is 0.729. The molecule has 2 saturated heterocycles. The standard InChI is InChI=1S/C20H27NO2/c1-13(2)16-12-21(11-14-8-6-5-7-9-14)18-15(16)10-17-19(18)23-20(3,4)22-17/h5-9,15-19H,1,10-12H2,2-4H3/t15-,16-,17+,18+,19+/m0/s1. The predicted molar refractivity (Wildman–Crippen MR) is 90.9 cm³/mol. The van der Waals surface area contributed by atoms with Gasteiger partial charge >= 0.3 is 0 Å². The smallest absolute Gasteiger partial charge is 0.163 e. The number of benzene rings is 1. The van der Waals surface area contributed by atoms with Gasteiger partial charge in [-0.1, -0.05) is 42.5 Å². The molecule has 23 heavy (non-hydrogen) atoms. The Kier molecular flexibility index (Phi) is 3.63. The molecule has 0 N–H and O–H groups in total. The van der Waals surface area contributed by atoms with Crippen molar-refractivity contribution < 1.29 is 9.47 Å². The number of fused-ring (bicyclic) bond motifs is 3. The molecule has 1 saturated carbocycles. The van der Waals surface area contributed by atoms with E-state index in [1.54, 1.807) is 0 Å². The normalized spacial score (nSPS) is 38.5. The summed E-state index contributed by atoms with van der Waals surface area (Å²) in [6.07, 6.45) is 1.53. The molecule has 3 aliphatic rings. The van der Waals surface area contributed by atoms with Gasteiger partial charge in [0.2, 0.25) is 0 Å². The van der Waals surface area contributed by atoms with Crippen LogP contribution >= 0.6 is 0 Å². The maximum atomic E-state index is 6.29. The van der Waals surface area contributed by atoms with Crippen LogP contribution in [0.1, 0.15) is 32.8 Å². The lowest BCUT2D eigenvalue weighted by molar-refractivity contribution is -0.159. The van der Waals surface area contributed by atoms with E-state index in [2.05, 4.69) is 48.7 Å². The Morgan fingerprint density at radius 2 is 2.00 bits per heavy atom. The maximum absolute atomic E-state index is 6.29. The summed E-state index contributed by atoms with van der Waals surface area (Å²) in [5.41, 5.74) is 2.67. The van der Waals surface area contributed by atoms with Gasteiger partial charge in [-0.05, 0) is 44.6 Å². The lowest BCUT2D eigenvalue weighted by Gasteiger charge is -2.29. The lowest BCUT2D eigenvalue weighted by atomic mass is 9.87. The first kappa shape index (κ1) is 15.4. The van der Waals surface area contributed by atoms with Crippen LogP contribution in [0.2, 0.25) is 0 Å². The molecule has 3 nitrogen and oxygen atoms in total. The second kappa shape index (κ2) is 5.44. The average Bonchev–Trinajstić information content (AvgIpc) is 3.07. The van der Waals surface area contributed by atoms with Crippen LogP contribution in [-0.2, 0) is 16.0 Å². The monoisotopic (exact) mass is 313 g/mol. The zero-order chi connectivity index (χ0) is 16.2. The fourth-order valence-electron chi connectivity index (χ4n) is 4.89. The van der Waals surface area contributed by atoms with Crippen molar-refractivity contribution in [3.63, 3.8) is 0 Å². The number of hydrogen-bond donors (Lipinski definition) is 0. The zero-order valence-electron chi connectivity index (χ0n) is 14.4. The van der Waals surface area contributed by atoms with Gasteiger partial charge in [-0.3, -0.25) is 4.90 Å². The fraction of sp³-hybridized carbons (Fsp3) is 0.600. The molecule has 2 heterocycles. The van der Waals surface area contributed by atoms with Gasteiger partial charge in [-0.2, -0.15) is 0 Å². The second-order valence-electron chi connectivity index (χ2n) is 7.90. The fourth-order valence-corrected chi connectivity index (χ4v) is 4.89. The van der Waals surface area contributed by atoms with Gasteiger partial charge in [-0.25, -0.2) is 0 Å². The molecule has 0 aromatic heterocycles. The third kappa shape index (κ3) is 2.65. The highest BCUT2D eigenvalue weighted by atomic mass is 16.8. The second-order valence-corrected chi connectivity index (χ2v) is 7.90. The van der Waals surface area contributed by atoms with Crippen molar-refractivity contribution in [1.82, 2.24) is 4.90 Å². The molecule has 0 unspecified atom stereocenters. The molecule has 1 aliphatic carbocycles. The number of rotatable bonds is 3. The van der Waals surface area contributed by atoms with E-state index in [0.29, 0.717) is 17.9 Å². The highest BCUT2D eigenvalue weighted by Gasteiger charge is 2.59. The molecule has 0 spiro atoms. The van der Waals surface area contributed by atoms with Crippen LogP contribution in [0.15, 0.2) is 42.5 Å². The number of nitrogens with zero attached hydrogens (tertiary/aromatic N) is 1. The van der Waals surface area contributed by atoms with Gasteiger partial charge in [0.25, 0.3) is 0 Å². The molecule has 1 aromatic carbocycles. The van der Waals surface area contributed by atoms with E-state index < -0.39 is 5.79 Å². The van der Waals surface area contributed by atoms with Crippen molar-refractivity contribution in [3.8, 4) is 0 Å². The first-order valence-electron chi connectivity index (χ1n) is 8.73. The average molecular weight is 313 g/mol. The number of ether oxygens (including phenoxy) is 2. The Labute approximate surface area is 139 Å². The molecule has 4 rings (SSSR count). The minimum absolute atomic E-state index is 0.197. The van der Waals surface area contributed by atoms with E-state index in [-0.39, 0.29) is 12.2 Å². The first-order chi connectivity index (χ1) is 10.9. The molecule has 1 aromatic rings. The van der Waals surface area contributed by atoms with Crippen LogP contribution in [0.4, 0.5) is 0 Å². The minimum Gasteiger partial charge on any atom is -0.345 e. The number of hydrogen-bond acceptors (Lipinski definition) is 3. The molecule has 3 fully saturated rings. The highest BCUT2D eigenvalue weighted by molar-refractivity contribution is 5.19. The van der Waals surface area contributed by atoms with Crippen LogP contribution < -0.4 is 0 Å². The van der Waals surface area contributed by atoms with E-state index in [1.165, 1.54) is 11.1 Å². The van der Waals surface area contributed by atoms with Crippen molar-refractivity contribution in [1.29, 1.82) is 0 Å². The van der Waals surface area contributed by atoms with Gasteiger partial charge in [-0.15, -0.1) is 0 Å². The van der Waals surface area contributed by atoms with Gasteiger partial charge in [0.1, 0.15) is 6.10 Å². The summed E-state index contributed by atoms with van der Waals surface area (Å²) in [4.78, 5) is 2.61. The van der Waals surface area contributed by atoms with Crippen molar-refractivity contribution in [3.05, 3.63) is 48.0 Å². The van der Waals surface area contributed by atoms with Crippen LogP contribution in [0.5, 0.6) is 0 Å². The van der Waals surface area contributed by atoms with Crippen LogP contribution in [0.3, 0.4) is 0 Å². The van der Waals surface area contributed by atoms with Crippen molar-refractivity contribution in [2.24, 2.45) is 11.8 Å². The molecular formula is C20H27NO2. The van der Waals surface area contributed by atoms with Gasteiger partial charge in [0, 0.05) is 19.1 Å². The van der Waals surface area contributed by atoms with Crippen molar-refractivity contribution in [2.75, 3.05) is 6.54 Å². The minimum atomic E-state index is -0.444. The summed E-state index contributed by atoms with van der Waals surface area (Å²) >= 11 is 0. The lowest BCUT2D eigenvalue weighted by Crippen LogP contribution is -2.41. The highest BCUT2D eigenvalue weighted by Crippen LogP contribution is 2.50. The molecule has 0 amide bonds. The largest absolute Gasteiger partial charge is 0.345 e. The third-order valence-corrected chi connectivity index (χ3v) is 5.73. The van der Waals surface area contributed by atoms with Gasteiger partial charge < -0.3 is 9.47 Å². The predicted octanol–water partition coefficient (Wildman–Crippen LogP) is 3.60. The van der Waals surface area contributed by atoms with Gasteiger partial charge in [0.05, 0.1) is 6.10 Å². The summed E-state index contributed by atoms with van der Waals surface area (Å²) in [5, 5.41) is 0. The quantitative estimate of drug-likeness (QED) is 0.796. The Balaban J connectivity index is 1.60. The van der Waals surface area contributed by atoms with Crippen LogP contribution in [-0.4, -0.2) is 35.5 Å². The molecular weight excluding hydrogens is 286 g/mol. The van der Waals surface area contributed by atoms with E-state index in [1.807, 2.05) is 13.8 Å². The Morgan fingerprint density at radius 1 is 1.26 bits per heavy atom.